The van der Waals surface area contributed by atoms with Gasteiger partial charge in [0.15, 0.2) is 0 Å². The highest BCUT2D eigenvalue weighted by Gasteiger charge is 2.11. The molecule has 4 nitrogen and oxygen atoms in total. The molecule has 0 saturated heterocycles. The molecule has 0 aliphatic carbocycles. The molecule has 6 heteroatoms. The molecular weight excluding hydrogens is 304 g/mol. The smallest absolute Gasteiger partial charge is 0.216 e. The van der Waals surface area contributed by atoms with Gasteiger partial charge in [-0.25, -0.2) is 13.1 Å². The van der Waals surface area contributed by atoms with E-state index in [0.29, 0.717) is 10.6 Å². The van der Waals surface area contributed by atoms with Crippen molar-refractivity contribution in [2.24, 2.45) is 5.73 Å². The van der Waals surface area contributed by atoms with E-state index in [0.717, 1.165) is 11.1 Å². The minimum atomic E-state index is -3.38. The Morgan fingerprint density at radius 1 is 1.00 bits per heavy atom. The van der Waals surface area contributed by atoms with Crippen molar-refractivity contribution in [1.29, 1.82) is 0 Å². The second-order valence-electron chi connectivity index (χ2n) is 4.63. The molecule has 0 aromatic heterocycles. The standard InChI is InChI=1S/C15H16N2O2S2/c16-15(20)14-8-6-13(7-9-14)11-21(18,19)17-10-12-4-2-1-3-5-12/h1-9,17H,10-11H2,(H2,16,20). The first-order chi connectivity index (χ1) is 9.96. The van der Waals surface area contributed by atoms with E-state index >= 15 is 0 Å². The Morgan fingerprint density at radius 3 is 2.19 bits per heavy atom. The second kappa shape index (κ2) is 6.80. The van der Waals surface area contributed by atoms with E-state index in [-0.39, 0.29) is 12.3 Å². The Kier molecular flexibility index (Phi) is 5.06. The monoisotopic (exact) mass is 320 g/mol. The van der Waals surface area contributed by atoms with Crippen LogP contribution < -0.4 is 10.5 Å². The predicted octanol–water partition coefficient (Wildman–Crippen LogP) is 1.94. The van der Waals surface area contributed by atoms with Crippen LogP contribution >= 0.6 is 12.2 Å². The van der Waals surface area contributed by atoms with E-state index in [1.165, 1.54) is 0 Å². The van der Waals surface area contributed by atoms with Gasteiger partial charge in [-0.2, -0.15) is 0 Å². The van der Waals surface area contributed by atoms with Crippen molar-refractivity contribution in [1.82, 2.24) is 4.72 Å². The molecule has 0 radical (unpaired) electrons. The summed E-state index contributed by atoms with van der Waals surface area (Å²) in [5, 5.41) is 0. The van der Waals surface area contributed by atoms with Crippen molar-refractivity contribution in [2.75, 3.05) is 0 Å². The Morgan fingerprint density at radius 2 is 1.62 bits per heavy atom. The van der Waals surface area contributed by atoms with Crippen LogP contribution in [0.25, 0.3) is 0 Å². The van der Waals surface area contributed by atoms with E-state index in [9.17, 15) is 8.42 Å². The van der Waals surface area contributed by atoms with E-state index in [1.54, 1.807) is 24.3 Å². The van der Waals surface area contributed by atoms with Crippen LogP contribution in [-0.2, 0) is 22.3 Å². The Balaban J connectivity index is 1.99. The molecule has 0 spiro atoms. The maximum absolute atomic E-state index is 12.0. The first-order valence-electron chi connectivity index (χ1n) is 6.36. The zero-order chi connectivity index (χ0) is 15.3. The van der Waals surface area contributed by atoms with Crippen LogP contribution in [0.4, 0.5) is 0 Å². The average molecular weight is 320 g/mol. The highest BCUT2D eigenvalue weighted by molar-refractivity contribution is 7.88. The van der Waals surface area contributed by atoms with E-state index in [1.807, 2.05) is 30.3 Å². The average Bonchev–Trinajstić information content (AvgIpc) is 2.46. The van der Waals surface area contributed by atoms with Gasteiger partial charge >= 0.3 is 0 Å². The normalized spacial score (nSPS) is 11.2. The van der Waals surface area contributed by atoms with Crippen LogP contribution in [0.5, 0.6) is 0 Å². The molecule has 0 bridgehead atoms. The fourth-order valence-corrected chi connectivity index (χ4v) is 3.08. The number of thiocarbonyl (C=S) groups is 1. The number of hydrogen-bond acceptors (Lipinski definition) is 3. The summed E-state index contributed by atoms with van der Waals surface area (Å²) in [4.78, 5) is 0.298. The van der Waals surface area contributed by atoms with E-state index in [4.69, 9.17) is 18.0 Å². The van der Waals surface area contributed by atoms with Crippen LogP contribution in [0.3, 0.4) is 0 Å². The van der Waals surface area contributed by atoms with Crippen LogP contribution in [-0.4, -0.2) is 13.4 Å². The van der Waals surface area contributed by atoms with Gasteiger partial charge in [-0.1, -0.05) is 66.8 Å². The van der Waals surface area contributed by atoms with Gasteiger partial charge in [-0.15, -0.1) is 0 Å². The van der Waals surface area contributed by atoms with Crippen molar-refractivity contribution in [3.05, 3.63) is 71.3 Å². The molecule has 21 heavy (non-hydrogen) atoms. The Hall–Kier alpha value is -1.76. The molecule has 0 fully saturated rings. The van der Waals surface area contributed by atoms with Gasteiger partial charge in [-0.05, 0) is 11.1 Å². The zero-order valence-corrected chi connectivity index (χ0v) is 13.0. The number of hydrogen-bond donors (Lipinski definition) is 2. The Bertz CT molecular complexity index is 711. The third kappa shape index (κ3) is 4.93. The summed E-state index contributed by atoms with van der Waals surface area (Å²) < 4.78 is 26.6. The summed E-state index contributed by atoms with van der Waals surface area (Å²) in [7, 11) is -3.38. The minimum Gasteiger partial charge on any atom is -0.389 e. The lowest BCUT2D eigenvalue weighted by atomic mass is 10.1. The first kappa shape index (κ1) is 15.6. The summed E-state index contributed by atoms with van der Waals surface area (Å²) in [5.41, 5.74) is 7.84. The molecule has 2 aromatic carbocycles. The van der Waals surface area contributed by atoms with E-state index < -0.39 is 10.0 Å². The molecule has 2 rings (SSSR count). The molecule has 2 aromatic rings. The summed E-state index contributed by atoms with van der Waals surface area (Å²) in [6, 6.07) is 16.3. The van der Waals surface area contributed by atoms with Gasteiger partial charge in [0.05, 0.1) is 5.75 Å². The second-order valence-corrected chi connectivity index (χ2v) is 6.87. The quantitative estimate of drug-likeness (QED) is 0.798. The van der Waals surface area contributed by atoms with Crippen molar-refractivity contribution >= 4 is 27.2 Å². The highest BCUT2D eigenvalue weighted by Crippen LogP contribution is 2.08. The van der Waals surface area contributed by atoms with Gasteiger partial charge in [-0.3, -0.25) is 0 Å². The van der Waals surface area contributed by atoms with Crippen molar-refractivity contribution < 1.29 is 8.42 Å². The van der Waals surface area contributed by atoms with Gasteiger partial charge in [0.2, 0.25) is 10.0 Å². The maximum Gasteiger partial charge on any atom is 0.216 e. The molecule has 3 N–H and O–H groups in total. The summed E-state index contributed by atoms with van der Waals surface area (Å²) >= 11 is 4.86. The lowest BCUT2D eigenvalue weighted by Crippen LogP contribution is -2.24. The zero-order valence-electron chi connectivity index (χ0n) is 11.3. The lowest BCUT2D eigenvalue weighted by molar-refractivity contribution is 0.580. The fraction of sp³-hybridized carbons (Fsp3) is 0.133. The maximum atomic E-state index is 12.0. The topological polar surface area (TPSA) is 72.2 Å². The van der Waals surface area contributed by atoms with Crippen molar-refractivity contribution in [2.45, 2.75) is 12.3 Å². The predicted molar refractivity (Wildman–Crippen MR) is 88.2 cm³/mol. The SMILES string of the molecule is NC(=S)c1ccc(CS(=O)(=O)NCc2ccccc2)cc1. The molecule has 0 aliphatic heterocycles. The molecule has 0 atom stereocenters. The lowest BCUT2D eigenvalue weighted by Gasteiger charge is -2.07. The van der Waals surface area contributed by atoms with Gasteiger partial charge in [0.1, 0.15) is 4.99 Å². The van der Waals surface area contributed by atoms with Crippen LogP contribution in [0.15, 0.2) is 54.6 Å². The minimum absolute atomic E-state index is 0.0720. The molecular formula is C15H16N2O2S2. The van der Waals surface area contributed by atoms with Crippen LogP contribution in [0.1, 0.15) is 16.7 Å². The van der Waals surface area contributed by atoms with Gasteiger partial charge in [0, 0.05) is 12.1 Å². The number of nitrogens with one attached hydrogen (secondary N) is 1. The summed E-state index contributed by atoms with van der Waals surface area (Å²) in [6.45, 7) is 0.286. The first-order valence-corrected chi connectivity index (χ1v) is 8.42. The Labute approximate surface area is 130 Å². The van der Waals surface area contributed by atoms with Crippen LogP contribution in [0, 0.1) is 0 Å². The number of benzene rings is 2. The summed E-state index contributed by atoms with van der Waals surface area (Å²) in [6.07, 6.45) is 0. The number of rotatable bonds is 6. The highest BCUT2D eigenvalue weighted by atomic mass is 32.2. The largest absolute Gasteiger partial charge is 0.389 e. The van der Waals surface area contributed by atoms with Crippen LogP contribution in [0.2, 0.25) is 0 Å². The van der Waals surface area contributed by atoms with Gasteiger partial charge in [0.25, 0.3) is 0 Å². The molecule has 0 amide bonds. The van der Waals surface area contributed by atoms with E-state index in [2.05, 4.69) is 4.72 Å². The van der Waals surface area contributed by atoms with Gasteiger partial charge < -0.3 is 5.73 Å². The third-order valence-electron chi connectivity index (χ3n) is 2.93. The molecule has 110 valence electrons. The summed E-state index contributed by atoms with van der Waals surface area (Å²) in [5.74, 6) is -0.0720. The fourth-order valence-electron chi connectivity index (χ4n) is 1.82. The van der Waals surface area contributed by atoms with Crippen molar-refractivity contribution in [3.63, 3.8) is 0 Å². The molecule has 0 aliphatic rings. The number of nitrogens with two attached hydrogens (primary N) is 1. The molecule has 0 heterocycles. The van der Waals surface area contributed by atoms with Crippen molar-refractivity contribution in [3.8, 4) is 0 Å². The third-order valence-corrected chi connectivity index (χ3v) is 4.47. The molecule has 0 saturated carbocycles. The number of sulfonamides is 1. The molecule has 0 unspecified atom stereocenters.